The molecule has 2 N–H and O–H groups in total. The third kappa shape index (κ3) is 4.05. The van der Waals surface area contributed by atoms with Crippen molar-refractivity contribution >= 4 is 43.4 Å². The third-order valence-electron chi connectivity index (χ3n) is 2.76. The Morgan fingerprint density at radius 2 is 1.86 bits per heavy atom. The van der Waals surface area contributed by atoms with Crippen molar-refractivity contribution in [1.29, 1.82) is 0 Å². The van der Waals surface area contributed by atoms with E-state index in [1.54, 1.807) is 13.0 Å². The molecule has 0 radical (unpaired) electrons. The van der Waals surface area contributed by atoms with Gasteiger partial charge in [-0.2, -0.15) is 0 Å². The van der Waals surface area contributed by atoms with E-state index in [1.165, 1.54) is 37.4 Å². The van der Waals surface area contributed by atoms with Gasteiger partial charge in [-0.15, -0.1) is 0 Å². The molecule has 8 heteroatoms. The number of carbonyl (C=O) groups excluding carboxylic acids is 1. The second-order valence-corrected chi connectivity index (χ2v) is 7.23. The fourth-order valence-electron chi connectivity index (χ4n) is 1.75. The molecule has 1 heterocycles. The number of halogens is 1. The Hall–Kier alpha value is -1.93. The molecule has 0 bridgehead atoms. The zero-order valence-corrected chi connectivity index (χ0v) is 14.3. The van der Waals surface area contributed by atoms with Gasteiger partial charge in [0.15, 0.2) is 0 Å². The Morgan fingerprint density at radius 3 is 2.41 bits per heavy atom. The molecule has 0 aliphatic carbocycles. The summed E-state index contributed by atoms with van der Waals surface area (Å²) in [6.07, 6.45) is 1.52. The zero-order chi connectivity index (χ0) is 16.3. The molecule has 2 aromatic rings. The molecule has 0 aliphatic rings. The number of hydrogen-bond donors (Lipinski definition) is 2. The molecule has 0 saturated heterocycles. The minimum atomic E-state index is -3.73. The van der Waals surface area contributed by atoms with E-state index in [2.05, 4.69) is 31.0 Å². The minimum Gasteiger partial charge on any atom is -0.326 e. The van der Waals surface area contributed by atoms with E-state index in [9.17, 15) is 13.2 Å². The molecule has 1 aromatic carbocycles. The fourth-order valence-corrected chi connectivity index (χ4v) is 3.28. The van der Waals surface area contributed by atoms with E-state index in [-0.39, 0.29) is 16.6 Å². The van der Waals surface area contributed by atoms with Crippen LogP contribution in [0.15, 0.2) is 45.9 Å². The monoisotopic (exact) mass is 383 g/mol. The van der Waals surface area contributed by atoms with E-state index < -0.39 is 10.0 Å². The fraction of sp³-hybridized carbons (Fsp3) is 0.143. The predicted octanol–water partition coefficient (Wildman–Crippen LogP) is 2.91. The summed E-state index contributed by atoms with van der Waals surface area (Å²) < 4.78 is 27.9. The number of anilines is 2. The van der Waals surface area contributed by atoms with Gasteiger partial charge < -0.3 is 5.32 Å². The number of amides is 1. The van der Waals surface area contributed by atoms with Gasteiger partial charge in [-0.05, 0) is 58.7 Å². The highest BCUT2D eigenvalue weighted by Crippen LogP contribution is 2.21. The molecule has 0 unspecified atom stereocenters. The Labute approximate surface area is 137 Å². The van der Waals surface area contributed by atoms with Crippen LogP contribution in [0.1, 0.15) is 12.5 Å². The van der Waals surface area contributed by atoms with Crippen molar-refractivity contribution in [2.75, 3.05) is 10.0 Å². The Bertz CT molecular complexity index is 805. The number of sulfonamides is 1. The van der Waals surface area contributed by atoms with E-state index in [1.807, 2.05) is 0 Å². The number of hydrogen-bond acceptors (Lipinski definition) is 4. The molecule has 0 spiro atoms. The summed E-state index contributed by atoms with van der Waals surface area (Å²) in [6.45, 7) is 3.14. The topological polar surface area (TPSA) is 88.2 Å². The van der Waals surface area contributed by atoms with Gasteiger partial charge in [0.2, 0.25) is 5.91 Å². The lowest BCUT2D eigenvalue weighted by Crippen LogP contribution is -2.15. The highest BCUT2D eigenvalue weighted by atomic mass is 79.9. The zero-order valence-electron chi connectivity index (χ0n) is 11.9. The van der Waals surface area contributed by atoms with Crippen LogP contribution in [0.3, 0.4) is 0 Å². The molecule has 0 aliphatic heterocycles. The Balaban J connectivity index is 2.24. The molecule has 0 atom stereocenters. The van der Waals surface area contributed by atoms with Gasteiger partial charge in [-0.1, -0.05) is 0 Å². The van der Waals surface area contributed by atoms with Crippen LogP contribution in [-0.2, 0) is 14.8 Å². The van der Waals surface area contributed by atoms with Gasteiger partial charge in [0.05, 0.1) is 4.90 Å². The van der Waals surface area contributed by atoms with Crippen LogP contribution < -0.4 is 10.0 Å². The van der Waals surface area contributed by atoms with E-state index in [4.69, 9.17) is 0 Å². The first-order valence-electron chi connectivity index (χ1n) is 6.30. The second-order valence-electron chi connectivity index (χ2n) is 4.63. The second kappa shape index (κ2) is 6.45. The largest absolute Gasteiger partial charge is 0.326 e. The highest BCUT2D eigenvalue weighted by Gasteiger charge is 2.16. The average molecular weight is 384 g/mol. The first kappa shape index (κ1) is 16.4. The van der Waals surface area contributed by atoms with Crippen molar-refractivity contribution in [3.05, 3.63) is 46.6 Å². The smallest absolute Gasteiger partial charge is 0.263 e. The summed E-state index contributed by atoms with van der Waals surface area (Å²) in [4.78, 5) is 15.1. The van der Waals surface area contributed by atoms with E-state index >= 15 is 0 Å². The molecule has 116 valence electrons. The summed E-state index contributed by atoms with van der Waals surface area (Å²) in [6, 6.07) is 7.66. The normalized spacial score (nSPS) is 11.0. The van der Waals surface area contributed by atoms with Crippen LogP contribution in [0.25, 0.3) is 0 Å². The standard InChI is InChI=1S/C14H14BrN3O3S/c1-9-7-11(15)8-16-14(9)18-22(20,21)13-5-3-12(4-6-13)17-10(2)19/h3-8H,1-2H3,(H,16,18)(H,17,19). The van der Waals surface area contributed by atoms with Crippen LogP contribution in [0.5, 0.6) is 0 Å². The Morgan fingerprint density at radius 1 is 1.23 bits per heavy atom. The highest BCUT2D eigenvalue weighted by molar-refractivity contribution is 9.10. The number of pyridine rings is 1. The summed E-state index contributed by atoms with van der Waals surface area (Å²) in [7, 11) is -3.73. The molecule has 0 fully saturated rings. The number of aromatic nitrogens is 1. The number of nitrogens with zero attached hydrogens (tertiary/aromatic N) is 1. The molecule has 1 amide bonds. The van der Waals surface area contributed by atoms with Gasteiger partial charge >= 0.3 is 0 Å². The maximum Gasteiger partial charge on any atom is 0.263 e. The predicted molar refractivity (Wildman–Crippen MR) is 88.2 cm³/mol. The Kier molecular flexibility index (Phi) is 4.82. The van der Waals surface area contributed by atoms with Crippen molar-refractivity contribution in [3.63, 3.8) is 0 Å². The number of nitrogens with one attached hydrogen (secondary N) is 2. The first-order valence-corrected chi connectivity index (χ1v) is 8.58. The van der Waals surface area contributed by atoms with Crippen LogP contribution >= 0.6 is 15.9 Å². The summed E-state index contributed by atoms with van der Waals surface area (Å²) in [5, 5.41) is 2.58. The third-order valence-corrected chi connectivity index (χ3v) is 4.55. The van der Waals surface area contributed by atoms with Crippen LogP contribution in [0, 0.1) is 6.92 Å². The maximum atomic E-state index is 12.3. The molecule has 0 saturated carbocycles. The minimum absolute atomic E-state index is 0.0886. The van der Waals surface area contributed by atoms with E-state index in [0.29, 0.717) is 11.3 Å². The van der Waals surface area contributed by atoms with Crippen LogP contribution in [0.4, 0.5) is 11.5 Å². The number of aryl methyl sites for hydroxylation is 1. The lowest BCUT2D eigenvalue weighted by Gasteiger charge is -2.10. The van der Waals surface area contributed by atoms with Gasteiger partial charge in [0.25, 0.3) is 10.0 Å². The van der Waals surface area contributed by atoms with E-state index in [0.717, 1.165) is 4.47 Å². The number of benzene rings is 1. The van der Waals surface area contributed by atoms with Crippen molar-refractivity contribution in [2.45, 2.75) is 18.7 Å². The summed E-state index contributed by atoms with van der Waals surface area (Å²) in [5.41, 5.74) is 1.23. The van der Waals surface area contributed by atoms with Crippen molar-refractivity contribution in [1.82, 2.24) is 4.98 Å². The quantitative estimate of drug-likeness (QED) is 0.849. The molecular weight excluding hydrogens is 370 g/mol. The summed E-state index contributed by atoms with van der Waals surface area (Å²) in [5.74, 6) is 0.0533. The first-order chi connectivity index (χ1) is 10.3. The molecule has 22 heavy (non-hydrogen) atoms. The van der Waals surface area contributed by atoms with Gasteiger partial charge in [-0.3, -0.25) is 9.52 Å². The van der Waals surface area contributed by atoms with Crippen LogP contribution in [-0.4, -0.2) is 19.3 Å². The summed E-state index contributed by atoms with van der Waals surface area (Å²) >= 11 is 3.27. The van der Waals surface area contributed by atoms with Crippen LogP contribution in [0.2, 0.25) is 0 Å². The lowest BCUT2D eigenvalue weighted by atomic mass is 10.3. The van der Waals surface area contributed by atoms with Gasteiger partial charge in [-0.25, -0.2) is 13.4 Å². The number of carbonyl (C=O) groups is 1. The SMILES string of the molecule is CC(=O)Nc1ccc(S(=O)(=O)Nc2ncc(Br)cc2C)cc1. The lowest BCUT2D eigenvalue weighted by molar-refractivity contribution is -0.114. The molecule has 1 aromatic heterocycles. The van der Waals surface area contributed by atoms with Crippen molar-refractivity contribution in [3.8, 4) is 0 Å². The van der Waals surface area contributed by atoms with Crippen molar-refractivity contribution in [2.24, 2.45) is 0 Å². The van der Waals surface area contributed by atoms with Crippen molar-refractivity contribution < 1.29 is 13.2 Å². The van der Waals surface area contributed by atoms with Gasteiger partial charge in [0.1, 0.15) is 5.82 Å². The molecule has 2 rings (SSSR count). The average Bonchev–Trinajstić information content (AvgIpc) is 2.42. The molecule has 6 nitrogen and oxygen atoms in total. The maximum absolute atomic E-state index is 12.3. The number of rotatable bonds is 4. The van der Waals surface area contributed by atoms with Gasteiger partial charge in [0, 0.05) is 23.3 Å². The molecular formula is C14H14BrN3O3S.